The fourth-order valence-electron chi connectivity index (χ4n) is 8.03. The van der Waals surface area contributed by atoms with Crippen molar-refractivity contribution in [3.8, 4) is 11.7 Å². The zero-order chi connectivity index (χ0) is 31.3. The monoisotopic (exact) mass is 633 g/mol. The molecule has 0 amide bonds. The molecule has 6 aromatic carbocycles. The number of aromatic nitrogens is 3. The van der Waals surface area contributed by atoms with Crippen molar-refractivity contribution in [1.29, 1.82) is 0 Å². The Morgan fingerprint density at radius 2 is 1.38 bits per heavy atom. The van der Waals surface area contributed by atoms with E-state index in [1.54, 1.807) is 0 Å². The topological polar surface area (TPSA) is 35.9 Å². The van der Waals surface area contributed by atoms with Crippen LogP contribution in [-0.4, -0.2) is 14.1 Å². The van der Waals surface area contributed by atoms with Gasteiger partial charge in [-0.15, -0.1) is 11.3 Å². The van der Waals surface area contributed by atoms with Crippen LogP contribution in [0.5, 0.6) is 0 Å². The molecule has 0 saturated heterocycles. The average molecular weight is 634 g/mol. The van der Waals surface area contributed by atoms with E-state index in [2.05, 4.69) is 155 Å². The zero-order valence-electron chi connectivity index (χ0n) is 25.8. The quantitative estimate of drug-likeness (QED) is 0.194. The number of fused-ring (bicyclic) bond motifs is 12. The second-order valence-corrected chi connectivity index (χ2v) is 13.7. The van der Waals surface area contributed by atoms with Crippen molar-refractivity contribution in [3.63, 3.8) is 0 Å². The Kier molecular flexibility index (Phi) is 5.35. The summed E-state index contributed by atoms with van der Waals surface area (Å²) in [7, 11) is 0. The summed E-state index contributed by atoms with van der Waals surface area (Å²) in [5.41, 5.74) is 8.66. The van der Waals surface area contributed by atoms with Crippen LogP contribution >= 0.6 is 11.3 Å². The predicted octanol–water partition coefficient (Wildman–Crippen LogP) is 12.0. The summed E-state index contributed by atoms with van der Waals surface area (Å²) in [6, 6.07) is 44.2. The van der Waals surface area contributed by atoms with Gasteiger partial charge in [0.25, 0.3) is 0 Å². The number of hydrogen-bond donors (Lipinski definition) is 0. The number of benzene rings is 6. The molecule has 48 heavy (non-hydrogen) atoms. The fraction of sp³-hybridized carbons (Fsp3) is 0.0465. The van der Waals surface area contributed by atoms with Gasteiger partial charge in [0, 0.05) is 58.9 Å². The molecule has 0 spiro atoms. The third-order valence-electron chi connectivity index (χ3n) is 10.1. The van der Waals surface area contributed by atoms with Crippen LogP contribution in [0.3, 0.4) is 0 Å². The molecule has 0 fully saturated rings. The standard InChI is InChI=1S/C43H27N3OS/c1-3-13-26(14-4-1)32-25-37-39(31-19-9-12-22-36(31)48-37)40-42(32)47-43(44-40)46-34-21-11-8-18-30(34)38-35(46)24-23-29-28-17-7-10-20-33(28)45(41(29)38)27-15-5-2-6-16-27/h1-13,15-26H,14H2. The molecule has 0 saturated carbocycles. The van der Waals surface area contributed by atoms with Gasteiger partial charge >= 0.3 is 6.01 Å². The van der Waals surface area contributed by atoms with Crippen LogP contribution in [-0.2, 0) is 0 Å². The number of hydrogen-bond acceptors (Lipinski definition) is 3. The van der Waals surface area contributed by atoms with Gasteiger partial charge in [0.15, 0.2) is 5.58 Å². The Bertz CT molecular complexity index is 2990. The van der Waals surface area contributed by atoms with Crippen LogP contribution in [0.1, 0.15) is 17.9 Å². The second-order valence-electron chi connectivity index (χ2n) is 12.7. The molecular weight excluding hydrogens is 607 g/mol. The van der Waals surface area contributed by atoms with Crippen molar-refractivity contribution in [2.24, 2.45) is 0 Å². The molecule has 0 radical (unpaired) electrons. The van der Waals surface area contributed by atoms with Crippen molar-refractivity contribution in [1.82, 2.24) is 14.1 Å². The minimum absolute atomic E-state index is 0.229. The number of oxazole rings is 1. The minimum atomic E-state index is 0.229. The molecule has 226 valence electrons. The smallest absolute Gasteiger partial charge is 0.307 e. The van der Waals surface area contributed by atoms with Crippen LogP contribution in [0.4, 0.5) is 0 Å². The Balaban J connectivity index is 1.29. The van der Waals surface area contributed by atoms with Gasteiger partial charge in [-0.05, 0) is 48.9 Å². The third kappa shape index (κ3) is 3.51. The van der Waals surface area contributed by atoms with Gasteiger partial charge in [0.05, 0.1) is 22.1 Å². The highest BCUT2D eigenvalue weighted by Crippen LogP contribution is 2.45. The first-order valence-electron chi connectivity index (χ1n) is 16.4. The number of rotatable bonds is 3. The molecule has 1 aliphatic carbocycles. The van der Waals surface area contributed by atoms with Crippen molar-refractivity contribution < 1.29 is 4.42 Å². The number of para-hydroxylation sites is 3. The van der Waals surface area contributed by atoms with E-state index in [4.69, 9.17) is 9.40 Å². The highest BCUT2D eigenvalue weighted by atomic mass is 32.1. The molecule has 0 aliphatic heterocycles. The maximum Gasteiger partial charge on any atom is 0.307 e. The molecule has 1 aliphatic rings. The number of thiophene rings is 1. The largest absolute Gasteiger partial charge is 0.423 e. The Labute approximate surface area is 279 Å². The van der Waals surface area contributed by atoms with E-state index in [1.807, 2.05) is 11.3 Å². The fourth-order valence-corrected chi connectivity index (χ4v) is 9.19. The van der Waals surface area contributed by atoms with Crippen LogP contribution < -0.4 is 0 Å². The van der Waals surface area contributed by atoms with Crippen LogP contribution in [0.25, 0.3) is 86.6 Å². The minimum Gasteiger partial charge on any atom is -0.423 e. The third-order valence-corrected chi connectivity index (χ3v) is 11.2. The van der Waals surface area contributed by atoms with Gasteiger partial charge in [-0.2, -0.15) is 4.98 Å². The highest BCUT2D eigenvalue weighted by molar-refractivity contribution is 7.26. The lowest BCUT2D eigenvalue weighted by atomic mass is 9.91. The van der Waals surface area contributed by atoms with E-state index < -0.39 is 0 Å². The van der Waals surface area contributed by atoms with Gasteiger partial charge < -0.3 is 8.98 Å². The number of nitrogens with zero attached hydrogens (tertiary/aromatic N) is 3. The first-order chi connectivity index (χ1) is 23.8. The van der Waals surface area contributed by atoms with E-state index in [0.29, 0.717) is 6.01 Å². The molecule has 11 rings (SSSR count). The lowest BCUT2D eigenvalue weighted by molar-refractivity contribution is 0.569. The first kappa shape index (κ1) is 26.2. The SMILES string of the molecule is C1=CCC(c2cc3sc4ccccc4c3c3nc(-n4c5ccccc5c5c4ccc4c6ccccc6n(-c6ccccc6)c45)oc23)C=C1. The average Bonchev–Trinajstić information content (AvgIpc) is 3.90. The van der Waals surface area contributed by atoms with Crippen molar-refractivity contribution >= 4 is 86.2 Å². The molecule has 10 aromatic rings. The van der Waals surface area contributed by atoms with Crippen molar-refractivity contribution in [2.75, 3.05) is 0 Å². The van der Waals surface area contributed by atoms with E-state index in [-0.39, 0.29) is 5.92 Å². The molecule has 4 aromatic heterocycles. The van der Waals surface area contributed by atoms with Crippen molar-refractivity contribution in [2.45, 2.75) is 12.3 Å². The second kappa shape index (κ2) is 9.80. The molecule has 5 heteroatoms. The molecule has 0 bridgehead atoms. The summed E-state index contributed by atoms with van der Waals surface area (Å²) in [4.78, 5) is 5.42. The van der Waals surface area contributed by atoms with Crippen LogP contribution in [0.2, 0.25) is 0 Å². The van der Waals surface area contributed by atoms with E-state index in [9.17, 15) is 0 Å². The van der Waals surface area contributed by atoms with Gasteiger partial charge in [0.1, 0.15) is 5.52 Å². The predicted molar refractivity (Wildman–Crippen MR) is 201 cm³/mol. The summed E-state index contributed by atoms with van der Waals surface area (Å²) < 4.78 is 14.2. The van der Waals surface area contributed by atoms with E-state index >= 15 is 0 Å². The van der Waals surface area contributed by atoms with Gasteiger partial charge in [-0.1, -0.05) is 103 Å². The van der Waals surface area contributed by atoms with Crippen LogP contribution in [0, 0.1) is 0 Å². The summed E-state index contributed by atoms with van der Waals surface area (Å²) in [5, 5.41) is 7.23. The van der Waals surface area contributed by atoms with Gasteiger partial charge in [-0.25, -0.2) is 0 Å². The highest BCUT2D eigenvalue weighted by Gasteiger charge is 2.26. The Morgan fingerprint density at radius 1 is 0.625 bits per heavy atom. The van der Waals surface area contributed by atoms with E-state index in [0.717, 1.165) is 34.2 Å². The summed E-state index contributed by atoms with van der Waals surface area (Å²) >= 11 is 1.84. The van der Waals surface area contributed by atoms with E-state index in [1.165, 1.54) is 58.3 Å². The molecule has 0 N–H and O–H groups in total. The molecule has 1 atom stereocenters. The van der Waals surface area contributed by atoms with Gasteiger partial charge in [-0.3, -0.25) is 4.57 Å². The zero-order valence-corrected chi connectivity index (χ0v) is 26.6. The molecular formula is C43H27N3OS. The molecule has 4 nitrogen and oxygen atoms in total. The van der Waals surface area contributed by atoms with Crippen molar-refractivity contribution in [3.05, 3.63) is 151 Å². The molecule has 4 heterocycles. The lowest BCUT2D eigenvalue weighted by Gasteiger charge is -2.13. The maximum absolute atomic E-state index is 7.02. The summed E-state index contributed by atoms with van der Waals surface area (Å²) in [6.07, 6.45) is 9.75. The summed E-state index contributed by atoms with van der Waals surface area (Å²) in [6.45, 7) is 0. The van der Waals surface area contributed by atoms with Crippen LogP contribution in [0.15, 0.2) is 150 Å². The Morgan fingerprint density at radius 3 is 2.21 bits per heavy atom. The summed E-state index contributed by atoms with van der Waals surface area (Å²) in [5.74, 6) is 0.229. The maximum atomic E-state index is 7.02. The Hall–Kier alpha value is -5.91. The first-order valence-corrected chi connectivity index (χ1v) is 17.2. The van der Waals surface area contributed by atoms with Gasteiger partial charge in [0.2, 0.25) is 0 Å². The molecule has 1 unspecified atom stereocenters. The lowest BCUT2D eigenvalue weighted by Crippen LogP contribution is -1.97. The normalized spacial score (nSPS) is 15.0. The number of allylic oxidation sites excluding steroid dienone is 4.